The van der Waals surface area contributed by atoms with Crippen LogP contribution in [0.3, 0.4) is 0 Å². The summed E-state index contributed by atoms with van der Waals surface area (Å²) < 4.78 is 15.9. The summed E-state index contributed by atoms with van der Waals surface area (Å²) in [5.41, 5.74) is 2.26. The van der Waals surface area contributed by atoms with E-state index in [1.54, 1.807) is 0 Å². The second-order valence-electron chi connectivity index (χ2n) is 6.12. The van der Waals surface area contributed by atoms with Crippen molar-refractivity contribution in [2.75, 3.05) is 20.3 Å². The van der Waals surface area contributed by atoms with Crippen LogP contribution in [-0.4, -0.2) is 32.2 Å². The van der Waals surface area contributed by atoms with Crippen LogP contribution in [0.5, 0.6) is 11.5 Å². The van der Waals surface area contributed by atoms with Crippen molar-refractivity contribution in [3.63, 3.8) is 0 Å². The van der Waals surface area contributed by atoms with E-state index in [0.29, 0.717) is 24.7 Å². The number of hydrogen-bond donors (Lipinski definition) is 1. The number of halogens is 1. The van der Waals surface area contributed by atoms with E-state index in [2.05, 4.69) is 5.32 Å². The molecule has 0 atom stereocenters. The first kappa shape index (κ1) is 21.6. The third kappa shape index (κ3) is 5.89. The van der Waals surface area contributed by atoms with Crippen LogP contribution in [0.2, 0.25) is 5.02 Å². The summed E-state index contributed by atoms with van der Waals surface area (Å²) in [5.74, 6) is -0.360. The SMILES string of the molecule is CCCOc1c(Cl)cc(C(=O)OCC(=O)NCc2ccccc2C)cc1OC. The Labute approximate surface area is 169 Å². The molecule has 2 aromatic carbocycles. The number of nitrogens with one attached hydrogen (secondary N) is 1. The molecule has 0 radical (unpaired) electrons. The number of hydrogen-bond acceptors (Lipinski definition) is 5. The molecule has 2 aromatic rings. The van der Waals surface area contributed by atoms with Gasteiger partial charge in [0.15, 0.2) is 18.1 Å². The number of esters is 1. The molecule has 0 unspecified atom stereocenters. The highest BCUT2D eigenvalue weighted by molar-refractivity contribution is 6.32. The molecule has 6 nitrogen and oxygen atoms in total. The lowest BCUT2D eigenvalue weighted by molar-refractivity contribution is -0.124. The van der Waals surface area contributed by atoms with Crippen molar-refractivity contribution in [3.8, 4) is 11.5 Å². The topological polar surface area (TPSA) is 73.9 Å². The van der Waals surface area contributed by atoms with Crippen molar-refractivity contribution < 1.29 is 23.8 Å². The fourth-order valence-electron chi connectivity index (χ4n) is 2.45. The maximum atomic E-state index is 12.3. The molecule has 0 bridgehead atoms. The zero-order valence-electron chi connectivity index (χ0n) is 16.2. The zero-order chi connectivity index (χ0) is 20.5. The summed E-state index contributed by atoms with van der Waals surface area (Å²) in [6, 6.07) is 10.6. The Hall–Kier alpha value is -2.73. The molecule has 0 saturated carbocycles. The second-order valence-corrected chi connectivity index (χ2v) is 6.52. The molecular formula is C21H24ClNO5. The van der Waals surface area contributed by atoms with Gasteiger partial charge >= 0.3 is 5.97 Å². The lowest BCUT2D eigenvalue weighted by Crippen LogP contribution is -2.28. The number of amides is 1. The van der Waals surface area contributed by atoms with E-state index in [0.717, 1.165) is 17.5 Å². The number of methoxy groups -OCH3 is 1. The number of carbonyl (C=O) groups is 2. The second kappa shape index (κ2) is 10.6. The third-order valence-corrected chi connectivity index (χ3v) is 4.27. The Morgan fingerprint density at radius 3 is 2.61 bits per heavy atom. The van der Waals surface area contributed by atoms with Crippen LogP contribution in [0.1, 0.15) is 34.8 Å². The van der Waals surface area contributed by atoms with Gasteiger partial charge in [0.05, 0.1) is 24.3 Å². The smallest absolute Gasteiger partial charge is 0.338 e. The van der Waals surface area contributed by atoms with Crippen LogP contribution in [0.4, 0.5) is 0 Å². The van der Waals surface area contributed by atoms with E-state index in [1.807, 2.05) is 38.1 Å². The van der Waals surface area contributed by atoms with Crippen LogP contribution in [0.15, 0.2) is 36.4 Å². The average molecular weight is 406 g/mol. The van der Waals surface area contributed by atoms with Crippen LogP contribution in [-0.2, 0) is 16.1 Å². The van der Waals surface area contributed by atoms with Crippen LogP contribution >= 0.6 is 11.6 Å². The predicted molar refractivity (Wildman–Crippen MR) is 107 cm³/mol. The number of aryl methyl sites for hydroxylation is 1. The Morgan fingerprint density at radius 2 is 1.93 bits per heavy atom. The Kier molecular flexibility index (Phi) is 8.14. The first-order valence-electron chi connectivity index (χ1n) is 8.95. The van der Waals surface area contributed by atoms with Crippen molar-refractivity contribution in [1.82, 2.24) is 5.32 Å². The van der Waals surface area contributed by atoms with Gasteiger partial charge in [-0.05, 0) is 36.6 Å². The van der Waals surface area contributed by atoms with E-state index < -0.39 is 18.5 Å². The van der Waals surface area contributed by atoms with Crippen molar-refractivity contribution in [3.05, 3.63) is 58.1 Å². The normalized spacial score (nSPS) is 10.3. The first-order valence-corrected chi connectivity index (χ1v) is 9.32. The fraction of sp³-hybridized carbons (Fsp3) is 0.333. The lowest BCUT2D eigenvalue weighted by Gasteiger charge is -2.13. The summed E-state index contributed by atoms with van der Waals surface area (Å²) in [4.78, 5) is 24.2. The maximum absolute atomic E-state index is 12.3. The molecule has 0 fully saturated rings. The van der Waals surface area contributed by atoms with Crippen LogP contribution in [0, 0.1) is 6.92 Å². The van der Waals surface area contributed by atoms with E-state index in [1.165, 1.54) is 19.2 Å². The molecule has 0 aliphatic rings. The minimum atomic E-state index is -0.673. The summed E-state index contributed by atoms with van der Waals surface area (Å²) in [5, 5.41) is 2.97. The van der Waals surface area contributed by atoms with E-state index in [9.17, 15) is 9.59 Å². The molecule has 0 aliphatic carbocycles. The van der Waals surface area contributed by atoms with Gasteiger partial charge < -0.3 is 19.5 Å². The van der Waals surface area contributed by atoms with Crippen LogP contribution in [0.25, 0.3) is 0 Å². The summed E-state index contributed by atoms with van der Waals surface area (Å²) in [6.45, 7) is 4.38. The largest absolute Gasteiger partial charge is 0.493 e. The molecule has 2 rings (SSSR count). The van der Waals surface area contributed by atoms with E-state index >= 15 is 0 Å². The van der Waals surface area contributed by atoms with Gasteiger partial charge in [-0.3, -0.25) is 4.79 Å². The van der Waals surface area contributed by atoms with Gasteiger partial charge in [-0.1, -0.05) is 42.8 Å². The van der Waals surface area contributed by atoms with Gasteiger partial charge in [0, 0.05) is 6.54 Å². The number of rotatable bonds is 9. The highest BCUT2D eigenvalue weighted by Gasteiger charge is 2.17. The van der Waals surface area contributed by atoms with Gasteiger partial charge in [-0.2, -0.15) is 0 Å². The molecule has 0 heterocycles. The minimum absolute atomic E-state index is 0.178. The summed E-state index contributed by atoms with van der Waals surface area (Å²) >= 11 is 6.20. The van der Waals surface area contributed by atoms with E-state index in [4.69, 9.17) is 25.8 Å². The van der Waals surface area contributed by atoms with Crippen molar-refractivity contribution in [2.45, 2.75) is 26.8 Å². The maximum Gasteiger partial charge on any atom is 0.338 e. The quantitative estimate of drug-likeness (QED) is 0.640. The molecule has 0 saturated heterocycles. The third-order valence-electron chi connectivity index (χ3n) is 3.99. The van der Waals surface area contributed by atoms with Gasteiger partial charge in [0.2, 0.25) is 0 Å². The Balaban J connectivity index is 1.94. The van der Waals surface area contributed by atoms with Crippen molar-refractivity contribution in [1.29, 1.82) is 0 Å². The molecule has 150 valence electrons. The molecule has 28 heavy (non-hydrogen) atoms. The fourth-order valence-corrected chi connectivity index (χ4v) is 2.71. The van der Waals surface area contributed by atoms with Crippen molar-refractivity contribution in [2.24, 2.45) is 0 Å². The molecular weight excluding hydrogens is 382 g/mol. The number of benzene rings is 2. The molecule has 1 N–H and O–H groups in total. The monoisotopic (exact) mass is 405 g/mol. The lowest BCUT2D eigenvalue weighted by atomic mass is 10.1. The van der Waals surface area contributed by atoms with Crippen molar-refractivity contribution >= 4 is 23.5 Å². The zero-order valence-corrected chi connectivity index (χ0v) is 17.0. The average Bonchev–Trinajstić information content (AvgIpc) is 2.69. The standard InChI is InChI=1S/C21H24ClNO5/c1-4-9-27-20-17(22)10-16(11-18(20)26-3)21(25)28-13-19(24)23-12-15-8-6-5-7-14(15)2/h5-8,10-11H,4,9,12-13H2,1-3H3,(H,23,24). The van der Waals surface area contributed by atoms with Crippen LogP contribution < -0.4 is 14.8 Å². The number of ether oxygens (including phenoxy) is 3. The Morgan fingerprint density at radius 1 is 1.18 bits per heavy atom. The minimum Gasteiger partial charge on any atom is -0.493 e. The molecule has 7 heteroatoms. The molecule has 0 aliphatic heterocycles. The van der Waals surface area contributed by atoms with Gasteiger partial charge in [0.1, 0.15) is 0 Å². The van der Waals surface area contributed by atoms with Gasteiger partial charge in [0.25, 0.3) is 5.91 Å². The predicted octanol–water partition coefficient (Wildman–Crippen LogP) is 3.92. The molecule has 0 aromatic heterocycles. The van der Waals surface area contributed by atoms with E-state index in [-0.39, 0.29) is 10.6 Å². The first-order chi connectivity index (χ1) is 13.5. The molecule has 1 amide bonds. The highest BCUT2D eigenvalue weighted by Crippen LogP contribution is 2.36. The highest BCUT2D eigenvalue weighted by atomic mass is 35.5. The summed E-state index contributed by atoms with van der Waals surface area (Å²) in [7, 11) is 1.46. The van der Waals surface area contributed by atoms with Gasteiger partial charge in [-0.25, -0.2) is 4.79 Å². The van der Waals surface area contributed by atoms with Gasteiger partial charge in [-0.15, -0.1) is 0 Å². The number of carbonyl (C=O) groups excluding carboxylic acids is 2. The Bertz CT molecular complexity index is 838. The summed E-state index contributed by atoms with van der Waals surface area (Å²) in [6.07, 6.45) is 0.806. The molecule has 0 spiro atoms.